The van der Waals surface area contributed by atoms with Crippen molar-refractivity contribution >= 4 is 46.3 Å². The fourth-order valence-corrected chi connectivity index (χ4v) is 6.66. The summed E-state index contributed by atoms with van der Waals surface area (Å²) in [4.78, 5) is 23.5. The molecule has 0 spiro atoms. The van der Waals surface area contributed by atoms with Crippen LogP contribution in [0.4, 0.5) is 8.78 Å². The Bertz CT molecular complexity index is 1900. The molecule has 0 saturated carbocycles. The molecule has 0 fully saturated rings. The fourth-order valence-electron chi connectivity index (χ4n) is 5.03. The van der Waals surface area contributed by atoms with Crippen LogP contribution in [0.2, 0.25) is 0 Å². The van der Waals surface area contributed by atoms with Crippen LogP contribution in [0.1, 0.15) is 28.1 Å². The number of benzene rings is 4. The largest absolute Gasteiger partial charge is 0.399 e. The number of para-hydroxylation sites is 2. The van der Waals surface area contributed by atoms with Gasteiger partial charge in [-0.1, -0.05) is 96.2 Å². The number of nitrogens with zero attached hydrogens (tertiary/aromatic N) is 4. The third-order valence-corrected chi connectivity index (χ3v) is 9.40. The highest BCUT2D eigenvalue weighted by Gasteiger charge is 2.50. The Kier molecular flexibility index (Phi) is 7.32. The van der Waals surface area contributed by atoms with Gasteiger partial charge in [-0.2, -0.15) is 8.78 Å². The maximum absolute atomic E-state index is 14.4. The highest BCUT2D eigenvalue weighted by molar-refractivity contribution is 7.52. The van der Waals surface area contributed by atoms with E-state index in [4.69, 9.17) is 4.98 Å². The summed E-state index contributed by atoms with van der Waals surface area (Å²) in [6.07, 6.45) is 4.80. The first-order valence-corrected chi connectivity index (χ1v) is 15.5. The van der Waals surface area contributed by atoms with Crippen LogP contribution in [0.5, 0.6) is 0 Å². The first-order valence-electron chi connectivity index (χ1n) is 13.1. The van der Waals surface area contributed by atoms with Gasteiger partial charge in [-0.3, -0.25) is 4.57 Å². The topological polar surface area (TPSA) is 101 Å². The lowest BCUT2D eigenvalue weighted by Crippen LogP contribution is -2.38. The minimum atomic E-state index is -5.70. The van der Waals surface area contributed by atoms with Gasteiger partial charge in [0.1, 0.15) is 16.1 Å². The molecule has 2 aromatic heterocycles. The molecule has 212 valence electrons. The van der Waals surface area contributed by atoms with Crippen molar-refractivity contribution in [2.75, 3.05) is 0 Å². The molecule has 0 aliphatic carbocycles. The van der Waals surface area contributed by atoms with Crippen LogP contribution in [-0.4, -0.2) is 29.8 Å². The summed E-state index contributed by atoms with van der Waals surface area (Å²) < 4.78 is 43.2. The minimum absolute atomic E-state index is 0.293. The van der Waals surface area contributed by atoms with Gasteiger partial charge in [0.25, 0.3) is 0 Å². The number of allylic oxidation sites excluding steroid dienone is 1. The normalized spacial score (nSPS) is 14.1. The molecular formula is C31H25F2N4O3PS. The van der Waals surface area contributed by atoms with Gasteiger partial charge in [0, 0.05) is 12.0 Å². The zero-order chi connectivity index (χ0) is 29.4. The molecular weight excluding hydrogens is 577 g/mol. The van der Waals surface area contributed by atoms with Crippen molar-refractivity contribution in [1.29, 1.82) is 0 Å². The molecule has 7 nitrogen and oxygen atoms in total. The second-order valence-electron chi connectivity index (χ2n) is 9.98. The van der Waals surface area contributed by atoms with E-state index in [0.29, 0.717) is 23.9 Å². The summed E-state index contributed by atoms with van der Waals surface area (Å²) in [7, 11) is -5.70. The summed E-state index contributed by atoms with van der Waals surface area (Å²) in [5.41, 5.74) is -1.97. The van der Waals surface area contributed by atoms with Crippen LogP contribution in [0.15, 0.2) is 109 Å². The lowest BCUT2D eigenvalue weighted by molar-refractivity contribution is 0.0564. The summed E-state index contributed by atoms with van der Waals surface area (Å²) >= 11 is 1.53. The van der Waals surface area contributed by atoms with Gasteiger partial charge >= 0.3 is 13.3 Å². The predicted molar refractivity (Wildman–Crippen MR) is 160 cm³/mol. The fraction of sp³-hybridized carbons (Fsp3) is 0.129. The summed E-state index contributed by atoms with van der Waals surface area (Å²) in [5, 5.41) is 9.79. The number of halogens is 2. The maximum Gasteiger partial charge on any atom is 0.399 e. The van der Waals surface area contributed by atoms with E-state index < -0.39 is 24.4 Å². The lowest BCUT2D eigenvalue weighted by atomic mass is 9.87. The molecule has 2 heterocycles. The summed E-state index contributed by atoms with van der Waals surface area (Å²) in [6.45, 7) is 0. The number of rotatable bonds is 9. The minimum Gasteiger partial charge on any atom is -0.320 e. The predicted octanol–water partition coefficient (Wildman–Crippen LogP) is 7.36. The van der Waals surface area contributed by atoms with Crippen LogP contribution in [-0.2, 0) is 22.2 Å². The van der Waals surface area contributed by atoms with Crippen molar-refractivity contribution in [3.8, 4) is 0 Å². The lowest BCUT2D eigenvalue weighted by Gasteiger charge is -2.32. The number of fused-ring (bicyclic) bond motifs is 2. The van der Waals surface area contributed by atoms with E-state index in [2.05, 4.69) is 10.3 Å². The van der Waals surface area contributed by atoms with Gasteiger partial charge in [0.15, 0.2) is 0 Å². The second-order valence-corrected chi connectivity index (χ2v) is 12.7. The number of hydrogen-bond acceptors (Lipinski definition) is 5. The van der Waals surface area contributed by atoms with E-state index in [9.17, 15) is 23.1 Å². The van der Waals surface area contributed by atoms with Crippen molar-refractivity contribution in [1.82, 2.24) is 20.0 Å². The van der Waals surface area contributed by atoms with Crippen molar-refractivity contribution in [3.63, 3.8) is 0 Å². The van der Waals surface area contributed by atoms with E-state index >= 15 is 0 Å². The average Bonchev–Trinajstić information content (AvgIpc) is 3.62. The highest BCUT2D eigenvalue weighted by atomic mass is 32.1. The van der Waals surface area contributed by atoms with Crippen LogP contribution < -0.4 is 0 Å². The first kappa shape index (κ1) is 28.1. The smallest absolute Gasteiger partial charge is 0.320 e. The van der Waals surface area contributed by atoms with E-state index in [1.807, 2.05) is 95.7 Å². The average molecular weight is 603 g/mol. The van der Waals surface area contributed by atoms with Gasteiger partial charge in [-0.15, -0.1) is 16.4 Å². The van der Waals surface area contributed by atoms with Gasteiger partial charge < -0.3 is 9.79 Å². The molecule has 0 radical (unpaired) electrons. The third kappa shape index (κ3) is 5.18. The molecule has 0 saturated heterocycles. The van der Waals surface area contributed by atoms with Gasteiger partial charge in [0.2, 0.25) is 0 Å². The molecule has 11 heteroatoms. The van der Waals surface area contributed by atoms with E-state index in [1.165, 1.54) is 23.5 Å². The SMILES string of the molecule is O=P(O)(O)C(F)(F)c1ccc(CC(CC=Cc2ccccc2)(c2nc3ccccc3s2)n2nnc3ccccc32)cc1. The van der Waals surface area contributed by atoms with Crippen LogP contribution in [0.25, 0.3) is 27.3 Å². The van der Waals surface area contributed by atoms with Gasteiger partial charge in [0.05, 0.1) is 15.7 Å². The molecule has 1 atom stereocenters. The summed E-state index contributed by atoms with van der Waals surface area (Å²) in [5.74, 6) is 0. The van der Waals surface area contributed by atoms with E-state index in [-0.39, 0.29) is 0 Å². The Morgan fingerprint density at radius 2 is 1.52 bits per heavy atom. The first-order chi connectivity index (χ1) is 20.2. The number of hydrogen-bond donors (Lipinski definition) is 2. The van der Waals surface area contributed by atoms with Crippen LogP contribution >= 0.6 is 18.9 Å². The standard InChI is InChI=1S/C31H25F2N4O3PS/c32-31(33,41(38,39)40)24-18-16-23(17-19-24)21-30(20-8-11-22-9-2-1-3-10-22,29-34-26-13-5-7-15-28(26)42-29)37-27-14-6-4-12-25(27)35-36-37/h1-19H,20-21H2,(H2,38,39,40). The van der Waals surface area contributed by atoms with E-state index in [1.54, 1.807) is 0 Å². The van der Waals surface area contributed by atoms with Crippen LogP contribution in [0.3, 0.4) is 0 Å². The van der Waals surface area contributed by atoms with E-state index in [0.717, 1.165) is 38.4 Å². The Morgan fingerprint density at radius 1 is 0.857 bits per heavy atom. The molecule has 2 N–H and O–H groups in total. The number of thiazole rings is 1. The molecule has 1 unspecified atom stereocenters. The van der Waals surface area contributed by atoms with Crippen molar-refractivity contribution in [2.45, 2.75) is 24.0 Å². The molecule has 0 aliphatic heterocycles. The zero-order valence-corrected chi connectivity index (χ0v) is 23.8. The maximum atomic E-state index is 14.4. The Hall–Kier alpha value is -4.08. The second kappa shape index (κ2) is 11.0. The van der Waals surface area contributed by atoms with Gasteiger partial charge in [-0.05, 0) is 41.8 Å². The molecule has 6 rings (SSSR count). The third-order valence-electron chi connectivity index (χ3n) is 7.18. The van der Waals surface area contributed by atoms with Crippen molar-refractivity contribution in [2.24, 2.45) is 0 Å². The van der Waals surface area contributed by atoms with Crippen LogP contribution in [0, 0.1) is 0 Å². The molecule has 0 aliphatic rings. The molecule has 0 amide bonds. The van der Waals surface area contributed by atoms with Gasteiger partial charge in [-0.25, -0.2) is 9.67 Å². The molecule has 6 aromatic rings. The monoisotopic (exact) mass is 602 g/mol. The van der Waals surface area contributed by atoms with Crippen molar-refractivity contribution in [3.05, 3.63) is 131 Å². The number of aromatic nitrogens is 4. The number of alkyl halides is 2. The quantitative estimate of drug-likeness (QED) is 0.168. The highest BCUT2D eigenvalue weighted by Crippen LogP contribution is 2.59. The zero-order valence-electron chi connectivity index (χ0n) is 22.1. The Morgan fingerprint density at radius 3 is 2.24 bits per heavy atom. The molecule has 42 heavy (non-hydrogen) atoms. The van der Waals surface area contributed by atoms with Crippen molar-refractivity contribution < 1.29 is 23.1 Å². The Labute approximate surface area is 244 Å². The summed E-state index contributed by atoms with van der Waals surface area (Å²) in [6, 6.07) is 30.4. The molecule has 0 bridgehead atoms. The Balaban J connectivity index is 1.53. The molecule has 4 aromatic carbocycles.